The quantitative estimate of drug-likeness (QED) is 0.0348. The van der Waals surface area contributed by atoms with Gasteiger partial charge in [0, 0.05) is 38.0 Å². The van der Waals surface area contributed by atoms with Crippen LogP contribution in [-0.4, -0.2) is 104 Å². The molecule has 1 aromatic rings. The minimum absolute atomic E-state index is 0.00653. The average Bonchev–Trinajstić information content (AvgIpc) is 3.38. The number of ether oxygens (including phenoxy) is 2. The number of rotatable bonds is 15. The fourth-order valence-corrected chi connectivity index (χ4v) is 6.85. The molecular formula is C31H49F3N6O6S2Si. The highest BCUT2D eigenvalue weighted by atomic mass is 33.1. The van der Waals surface area contributed by atoms with Crippen LogP contribution in [0.3, 0.4) is 0 Å². The predicted octanol–water partition coefficient (Wildman–Crippen LogP) is 5.72. The van der Waals surface area contributed by atoms with Crippen LogP contribution in [0.25, 0.3) is 0 Å². The summed E-state index contributed by atoms with van der Waals surface area (Å²) in [5.41, 5.74) is 0.541. The summed E-state index contributed by atoms with van der Waals surface area (Å²) in [6, 6.07) is 0. The Labute approximate surface area is 295 Å². The molecule has 1 unspecified atom stereocenters. The number of hydrogen-bond acceptors (Lipinski definition) is 11. The van der Waals surface area contributed by atoms with Gasteiger partial charge in [-0.1, -0.05) is 59.4 Å². The van der Waals surface area contributed by atoms with Gasteiger partial charge in [0.1, 0.15) is 24.9 Å². The first-order valence-corrected chi connectivity index (χ1v) is 20.8. The van der Waals surface area contributed by atoms with Crippen LogP contribution in [0, 0.1) is 11.8 Å². The minimum Gasteiger partial charge on any atom is -0.414 e. The van der Waals surface area contributed by atoms with Crippen LogP contribution in [0.1, 0.15) is 66.7 Å². The second kappa shape index (κ2) is 18.1. The highest BCUT2D eigenvalue weighted by molar-refractivity contribution is 8.77. The van der Waals surface area contributed by atoms with E-state index in [-0.39, 0.29) is 36.6 Å². The summed E-state index contributed by atoms with van der Waals surface area (Å²) >= 11 is 0. The number of nitrogens with zero attached hydrogens (tertiary/aromatic N) is 5. The molecule has 1 N–H and O–H groups in total. The molecule has 1 aliphatic rings. The van der Waals surface area contributed by atoms with Crippen molar-refractivity contribution >= 4 is 53.7 Å². The van der Waals surface area contributed by atoms with Crippen LogP contribution in [0.2, 0.25) is 18.1 Å². The van der Waals surface area contributed by atoms with Crippen LogP contribution in [0.4, 0.5) is 19.0 Å². The summed E-state index contributed by atoms with van der Waals surface area (Å²) in [7, 11) is 4.01. The number of hydrogen-bond donors (Lipinski definition) is 1. The van der Waals surface area contributed by atoms with Crippen LogP contribution in [0.5, 0.6) is 0 Å². The molecule has 2 heterocycles. The smallest absolute Gasteiger partial charge is 0.414 e. The van der Waals surface area contributed by atoms with Crippen LogP contribution in [-0.2, 0) is 23.5 Å². The third-order valence-corrected chi connectivity index (χ3v) is 14.8. The van der Waals surface area contributed by atoms with E-state index in [1.54, 1.807) is 39.0 Å². The number of carbonyl (C=O) groups excluding carboxylic acids is 1. The van der Waals surface area contributed by atoms with Gasteiger partial charge in [0.25, 0.3) is 0 Å². The maximum absolute atomic E-state index is 13.2. The average molecular weight is 751 g/mol. The van der Waals surface area contributed by atoms with Crippen LogP contribution < -0.4 is 11.0 Å². The molecule has 18 heteroatoms. The van der Waals surface area contributed by atoms with E-state index in [1.165, 1.54) is 32.5 Å². The molecule has 0 aliphatic carbocycles. The van der Waals surface area contributed by atoms with Gasteiger partial charge in [0.2, 0.25) is 0 Å². The molecular weight excluding hydrogens is 702 g/mol. The summed E-state index contributed by atoms with van der Waals surface area (Å²) in [6.07, 6.45) is -3.20. The van der Waals surface area contributed by atoms with Gasteiger partial charge in [-0.25, -0.2) is 9.79 Å². The Morgan fingerprint density at radius 3 is 2.51 bits per heavy atom. The zero-order chi connectivity index (χ0) is 37.2. The number of alkyl halides is 3. The molecule has 1 amide bonds. The monoisotopic (exact) mass is 750 g/mol. The van der Waals surface area contributed by atoms with Crippen molar-refractivity contribution in [2.24, 2.45) is 10.1 Å². The van der Waals surface area contributed by atoms with Crippen molar-refractivity contribution in [2.75, 3.05) is 39.8 Å². The second-order valence-corrected chi connectivity index (χ2v) is 21.7. The number of oxime groups is 1. The zero-order valence-corrected chi connectivity index (χ0v) is 32.7. The first kappa shape index (κ1) is 42.6. The summed E-state index contributed by atoms with van der Waals surface area (Å²) < 4.78 is 56.5. The maximum Gasteiger partial charge on any atom is 0.471 e. The van der Waals surface area contributed by atoms with Crippen molar-refractivity contribution in [2.45, 2.75) is 102 Å². The Balaban J connectivity index is 2.18. The first-order chi connectivity index (χ1) is 22.5. The second-order valence-electron chi connectivity index (χ2n) is 13.9. The van der Waals surface area contributed by atoms with E-state index >= 15 is 0 Å². The molecule has 49 heavy (non-hydrogen) atoms. The largest absolute Gasteiger partial charge is 0.471 e. The minimum atomic E-state index is -4.93. The maximum atomic E-state index is 13.2. The van der Waals surface area contributed by atoms with Gasteiger partial charge in [0.05, 0.1) is 24.2 Å². The standard InChI is InChI=1S/C31H49F3N6O6S2Si/c1-21(2)38-46-23-15-25(45-24(23)17-44-49(10,11)29(3,4)5)40-16-22(26(37-28(40)42)36-19-39(8)9)13-12-14-43-20-47-48-30(6,7)18-35-27(41)31(32,33)34/h16,19,23-25H,14-15,17-18,20H2,1-11H3,(H,35,41)/b36-19+/t23?,24-,25-/m1/s1. The van der Waals surface area contributed by atoms with Gasteiger partial charge in [-0.15, -0.1) is 0 Å². The summed E-state index contributed by atoms with van der Waals surface area (Å²) in [4.78, 5) is 40.4. The number of aromatic nitrogens is 2. The molecule has 1 aliphatic heterocycles. The van der Waals surface area contributed by atoms with Gasteiger partial charge in [-0.2, -0.15) is 18.2 Å². The SMILES string of the molecule is CC(C)=NOC1C[C@H](n2cc(C#CCOCSSC(C)(C)CNC(=O)C(F)(F)F)c(/N=C/N(C)C)nc2=O)O[C@@H]1CO[Si](C)(C)C(C)(C)C. The van der Waals surface area contributed by atoms with Gasteiger partial charge in [-0.3, -0.25) is 9.36 Å². The van der Waals surface area contributed by atoms with E-state index in [1.807, 2.05) is 19.2 Å². The molecule has 0 radical (unpaired) electrons. The molecule has 3 atom stereocenters. The summed E-state index contributed by atoms with van der Waals surface area (Å²) in [5, 5.41) is 6.04. The number of carbonyl (C=O) groups is 1. The van der Waals surface area contributed by atoms with E-state index in [4.69, 9.17) is 18.7 Å². The summed E-state index contributed by atoms with van der Waals surface area (Å²) in [6.45, 7) is 18.0. The first-order valence-electron chi connectivity index (χ1n) is 15.5. The number of halogens is 3. The fraction of sp³-hybridized carbons (Fsp3) is 0.710. The van der Waals surface area contributed by atoms with Crippen LogP contribution >= 0.6 is 21.6 Å². The molecule has 0 spiro atoms. The van der Waals surface area contributed by atoms with Gasteiger partial charge >= 0.3 is 17.8 Å². The third kappa shape index (κ3) is 14.3. The van der Waals surface area contributed by atoms with E-state index < -0.39 is 49.3 Å². The van der Waals surface area contributed by atoms with E-state index in [9.17, 15) is 22.8 Å². The Morgan fingerprint density at radius 1 is 1.24 bits per heavy atom. The van der Waals surface area contributed by atoms with E-state index in [0.29, 0.717) is 12.0 Å². The molecule has 2 rings (SSSR count). The van der Waals surface area contributed by atoms with Crippen molar-refractivity contribution in [3.05, 3.63) is 22.2 Å². The Kier molecular flexibility index (Phi) is 15.7. The van der Waals surface area contributed by atoms with Gasteiger partial charge in [0.15, 0.2) is 20.2 Å². The molecule has 12 nitrogen and oxygen atoms in total. The van der Waals surface area contributed by atoms with E-state index in [0.717, 1.165) is 5.71 Å². The van der Waals surface area contributed by atoms with E-state index in [2.05, 4.69) is 60.8 Å². The lowest BCUT2D eigenvalue weighted by Crippen LogP contribution is -2.44. The van der Waals surface area contributed by atoms with Gasteiger partial charge < -0.3 is 29.0 Å². The van der Waals surface area contributed by atoms with Crippen molar-refractivity contribution in [1.29, 1.82) is 0 Å². The predicted molar refractivity (Wildman–Crippen MR) is 192 cm³/mol. The number of nitrogens with one attached hydrogen (secondary N) is 1. The molecule has 0 bridgehead atoms. The van der Waals surface area contributed by atoms with Crippen molar-refractivity contribution < 1.29 is 36.7 Å². The summed E-state index contributed by atoms with van der Waals surface area (Å²) in [5.74, 6) is 4.23. The molecule has 1 fully saturated rings. The third-order valence-electron chi connectivity index (χ3n) is 7.36. The number of aliphatic imine (C=N–C) groups is 1. The Hall–Kier alpha value is -2.56. The lowest BCUT2D eigenvalue weighted by Gasteiger charge is -2.37. The molecule has 1 aromatic heterocycles. The van der Waals surface area contributed by atoms with Crippen LogP contribution in [0.15, 0.2) is 21.1 Å². The topological polar surface area (TPSA) is 129 Å². The van der Waals surface area contributed by atoms with Crippen molar-refractivity contribution in [3.8, 4) is 11.8 Å². The van der Waals surface area contributed by atoms with Crippen molar-refractivity contribution in [1.82, 2.24) is 19.8 Å². The van der Waals surface area contributed by atoms with Crippen molar-refractivity contribution in [3.63, 3.8) is 0 Å². The molecule has 0 saturated carbocycles. The lowest BCUT2D eigenvalue weighted by atomic mass is 10.2. The highest BCUT2D eigenvalue weighted by Crippen LogP contribution is 2.38. The Morgan fingerprint density at radius 2 is 1.92 bits per heavy atom. The Bertz CT molecular complexity index is 1450. The van der Waals surface area contributed by atoms with Gasteiger partial charge in [-0.05, 0) is 45.8 Å². The fourth-order valence-electron chi connectivity index (χ4n) is 3.70. The highest BCUT2D eigenvalue weighted by Gasteiger charge is 2.43. The normalized spacial score (nSPS) is 18.6. The number of amides is 1. The zero-order valence-electron chi connectivity index (χ0n) is 30.1. The molecule has 276 valence electrons. The molecule has 1 saturated heterocycles. The lowest BCUT2D eigenvalue weighted by molar-refractivity contribution is -0.173. The molecule has 0 aromatic carbocycles.